The standard InChI is InChI=1S/C19H22F2O8/c1-8(22)25-15-13-12(14(23)26-15)27-19(28-13)10-3-9-4-11(19)7-18(5-9,6-10)29-16(24)17(2,20)21/h9-13,15H,3-7H2,1-2H3. The highest BCUT2D eigenvalue weighted by molar-refractivity contribution is 5.79. The fraction of sp³-hybridized carbons (Fsp3) is 0.842. The molecule has 4 saturated carbocycles. The Morgan fingerprint density at radius 3 is 2.38 bits per heavy atom. The van der Waals surface area contributed by atoms with Gasteiger partial charge < -0.3 is 23.7 Å². The van der Waals surface area contributed by atoms with Crippen molar-refractivity contribution >= 4 is 17.9 Å². The number of alkyl halides is 2. The normalized spacial score (nSPS) is 47.2. The molecule has 160 valence electrons. The van der Waals surface area contributed by atoms with Crippen LogP contribution in [0.1, 0.15) is 46.0 Å². The van der Waals surface area contributed by atoms with Gasteiger partial charge >= 0.3 is 23.8 Å². The average Bonchev–Trinajstić information content (AvgIpc) is 3.10. The third-order valence-electron chi connectivity index (χ3n) is 6.88. The minimum atomic E-state index is -3.56. The first-order valence-corrected chi connectivity index (χ1v) is 9.86. The smallest absolute Gasteiger partial charge is 0.377 e. The van der Waals surface area contributed by atoms with Crippen molar-refractivity contribution in [3.8, 4) is 0 Å². The molecular weight excluding hydrogens is 394 g/mol. The molecule has 6 rings (SSSR count). The van der Waals surface area contributed by atoms with Gasteiger partial charge in [0.2, 0.25) is 0 Å². The van der Waals surface area contributed by atoms with E-state index in [1.807, 2.05) is 0 Å². The van der Waals surface area contributed by atoms with Gasteiger partial charge in [-0.3, -0.25) is 4.79 Å². The molecule has 6 aliphatic rings. The van der Waals surface area contributed by atoms with Crippen molar-refractivity contribution in [2.24, 2.45) is 17.8 Å². The van der Waals surface area contributed by atoms with E-state index in [-0.39, 0.29) is 17.8 Å². The average molecular weight is 416 g/mol. The summed E-state index contributed by atoms with van der Waals surface area (Å²) < 4.78 is 54.6. The summed E-state index contributed by atoms with van der Waals surface area (Å²) in [7, 11) is 0. The highest BCUT2D eigenvalue weighted by Crippen LogP contribution is 2.65. The summed E-state index contributed by atoms with van der Waals surface area (Å²) in [5.41, 5.74) is -0.960. The Bertz CT molecular complexity index is 759. The Kier molecular flexibility index (Phi) is 3.88. The van der Waals surface area contributed by atoms with Crippen LogP contribution in [0.4, 0.5) is 8.78 Å². The fourth-order valence-electron chi connectivity index (χ4n) is 6.10. The van der Waals surface area contributed by atoms with E-state index < -0.39 is 53.7 Å². The molecule has 0 N–H and O–H groups in total. The largest absolute Gasteiger partial charge is 0.455 e. The zero-order valence-corrected chi connectivity index (χ0v) is 16.0. The molecule has 4 bridgehead atoms. The van der Waals surface area contributed by atoms with Gasteiger partial charge in [-0.05, 0) is 38.0 Å². The number of rotatable bonds is 3. The van der Waals surface area contributed by atoms with E-state index in [4.69, 9.17) is 23.7 Å². The molecule has 29 heavy (non-hydrogen) atoms. The van der Waals surface area contributed by atoms with E-state index in [2.05, 4.69) is 0 Å². The van der Waals surface area contributed by atoms with Gasteiger partial charge in [-0.15, -0.1) is 0 Å². The topological polar surface area (TPSA) is 97.4 Å². The number of hydrogen-bond acceptors (Lipinski definition) is 8. The summed E-state index contributed by atoms with van der Waals surface area (Å²) in [4.78, 5) is 35.4. The Morgan fingerprint density at radius 1 is 1.14 bits per heavy atom. The van der Waals surface area contributed by atoms with E-state index in [1.54, 1.807) is 0 Å². The van der Waals surface area contributed by atoms with Crippen molar-refractivity contribution in [3.63, 3.8) is 0 Å². The van der Waals surface area contributed by atoms with Crippen LogP contribution in [0.25, 0.3) is 0 Å². The number of cyclic esters (lactones) is 1. The Hall–Kier alpha value is -1.81. The lowest BCUT2D eigenvalue weighted by atomic mass is 9.51. The quantitative estimate of drug-likeness (QED) is 0.642. The summed E-state index contributed by atoms with van der Waals surface area (Å²) >= 11 is 0. The van der Waals surface area contributed by atoms with Crippen molar-refractivity contribution in [2.75, 3.05) is 0 Å². The van der Waals surface area contributed by atoms with Gasteiger partial charge in [-0.25, -0.2) is 9.59 Å². The summed E-state index contributed by atoms with van der Waals surface area (Å²) in [5, 5.41) is 0. The van der Waals surface area contributed by atoms with Gasteiger partial charge in [0.15, 0.2) is 18.0 Å². The van der Waals surface area contributed by atoms with E-state index >= 15 is 0 Å². The maximum absolute atomic E-state index is 13.4. The van der Waals surface area contributed by atoms with Crippen molar-refractivity contribution in [2.45, 2.75) is 81.8 Å². The van der Waals surface area contributed by atoms with Crippen LogP contribution in [0.5, 0.6) is 0 Å². The van der Waals surface area contributed by atoms with Crippen molar-refractivity contribution in [3.05, 3.63) is 0 Å². The van der Waals surface area contributed by atoms with Crippen LogP contribution in [-0.4, -0.2) is 53.7 Å². The number of hydrogen-bond donors (Lipinski definition) is 0. The van der Waals surface area contributed by atoms with Crippen LogP contribution < -0.4 is 0 Å². The zero-order chi connectivity index (χ0) is 20.8. The van der Waals surface area contributed by atoms with Crippen molar-refractivity contribution in [1.82, 2.24) is 0 Å². The lowest BCUT2D eigenvalue weighted by molar-refractivity contribution is -0.334. The molecule has 4 aliphatic carbocycles. The molecule has 0 aromatic rings. The highest BCUT2D eigenvalue weighted by Gasteiger charge is 2.72. The number of carbonyl (C=O) groups is 3. The second-order valence-electron chi connectivity index (χ2n) is 9.06. The minimum absolute atomic E-state index is 0.209. The molecule has 0 aromatic carbocycles. The molecule has 5 atom stereocenters. The molecule has 1 spiro atoms. The lowest BCUT2D eigenvalue weighted by Crippen LogP contribution is -2.66. The summed E-state index contributed by atoms with van der Waals surface area (Å²) in [6, 6.07) is 0. The Balaban J connectivity index is 1.39. The summed E-state index contributed by atoms with van der Waals surface area (Å²) in [5.74, 6) is -7.65. The lowest BCUT2D eigenvalue weighted by Gasteiger charge is -2.62. The van der Waals surface area contributed by atoms with E-state index in [0.29, 0.717) is 26.2 Å². The van der Waals surface area contributed by atoms with E-state index in [1.165, 1.54) is 6.92 Å². The molecule has 10 heteroatoms. The molecule has 2 saturated heterocycles. The van der Waals surface area contributed by atoms with E-state index in [9.17, 15) is 23.2 Å². The number of halogens is 2. The summed E-state index contributed by atoms with van der Waals surface area (Å²) in [6.07, 6.45) is -0.396. The first kappa shape index (κ1) is 19.2. The first-order chi connectivity index (χ1) is 13.5. The summed E-state index contributed by atoms with van der Waals surface area (Å²) in [6.45, 7) is 1.74. The van der Waals surface area contributed by atoms with Crippen molar-refractivity contribution < 1.29 is 46.8 Å². The SMILES string of the molecule is CC(=O)OC1OC(=O)C2OC3(OC12)C1CC2CC3CC(OC(=O)C(C)(F)F)(C2)C1. The van der Waals surface area contributed by atoms with Crippen LogP contribution in [-0.2, 0) is 38.1 Å². The highest BCUT2D eigenvalue weighted by atomic mass is 19.3. The third-order valence-corrected chi connectivity index (χ3v) is 6.88. The monoisotopic (exact) mass is 416 g/mol. The van der Waals surface area contributed by atoms with Gasteiger partial charge in [0.05, 0.1) is 0 Å². The van der Waals surface area contributed by atoms with E-state index in [0.717, 1.165) is 12.8 Å². The predicted octanol–water partition coefficient (Wildman–Crippen LogP) is 1.69. The molecule has 5 unspecified atom stereocenters. The van der Waals surface area contributed by atoms with Gasteiger partial charge in [-0.1, -0.05) is 0 Å². The minimum Gasteiger partial charge on any atom is -0.455 e. The van der Waals surface area contributed by atoms with Gasteiger partial charge in [0.1, 0.15) is 5.60 Å². The number of esters is 3. The second kappa shape index (κ2) is 5.87. The van der Waals surface area contributed by atoms with Crippen LogP contribution in [0.15, 0.2) is 0 Å². The van der Waals surface area contributed by atoms with Crippen LogP contribution in [0.3, 0.4) is 0 Å². The molecule has 0 radical (unpaired) electrons. The molecule has 0 aromatic heterocycles. The van der Waals surface area contributed by atoms with Crippen LogP contribution in [0, 0.1) is 17.8 Å². The maximum Gasteiger partial charge on any atom is 0.377 e. The molecule has 0 amide bonds. The predicted molar refractivity (Wildman–Crippen MR) is 87.1 cm³/mol. The van der Waals surface area contributed by atoms with Gasteiger partial charge in [0, 0.05) is 25.7 Å². The number of carbonyl (C=O) groups excluding carboxylic acids is 3. The third kappa shape index (κ3) is 2.78. The van der Waals surface area contributed by atoms with Gasteiger partial charge in [0.25, 0.3) is 6.29 Å². The van der Waals surface area contributed by atoms with Crippen LogP contribution >= 0.6 is 0 Å². The molecular formula is C19H22F2O8. The van der Waals surface area contributed by atoms with Gasteiger partial charge in [-0.2, -0.15) is 8.78 Å². The van der Waals surface area contributed by atoms with Crippen LogP contribution in [0.2, 0.25) is 0 Å². The maximum atomic E-state index is 13.4. The molecule has 2 aliphatic heterocycles. The molecule has 8 nitrogen and oxygen atoms in total. The fourth-order valence-corrected chi connectivity index (χ4v) is 6.10. The Labute approximate surface area is 165 Å². The molecule has 6 fully saturated rings. The van der Waals surface area contributed by atoms with Crippen molar-refractivity contribution in [1.29, 1.82) is 0 Å². The molecule has 2 heterocycles. The first-order valence-electron chi connectivity index (χ1n) is 9.86. The number of ether oxygens (including phenoxy) is 5. The second-order valence-corrected chi connectivity index (χ2v) is 9.06. The number of fused-ring (bicyclic) bond motifs is 1. The zero-order valence-electron chi connectivity index (χ0n) is 16.0. The Morgan fingerprint density at radius 2 is 1.79 bits per heavy atom.